The predicted molar refractivity (Wildman–Crippen MR) is 103 cm³/mol. The number of hydrogen-bond acceptors (Lipinski definition) is 2. The Bertz CT molecular complexity index is 1110. The number of imidazole rings is 1. The van der Waals surface area contributed by atoms with Gasteiger partial charge < -0.3 is 4.57 Å². The zero-order valence-electron chi connectivity index (χ0n) is 13.9. The number of halogens is 3. The van der Waals surface area contributed by atoms with Gasteiger partial charge in [0.25, 0.3) is 0 Å². The molecular weight excluding hydrogens is 372 g/mol. The van der Waals surface area contributed by atoms with Crippen LogP contribution in [-0.2, 0) is 6.54 Å². The van der Waals surface area contributed by atoms with Crippen LogP contribution in [0.3, 0.4) is 0 Å². The highest BCUT2D eigenvalue weighted by Gasteiger charge is 2.15. The normalized spacial score (nSPS) is 11.2. The number of aryl methyl sites for hydroxylation is 1. The quantitative estimate of drug-likeness (QED) is 0.439. The van der Waals surface area contributed by atoms with Gasteiger partial charge in [-0.2, -0.15) is 0 Å². The number of benzene rings is 2. The molecule has 0 fully saturated rings. The van der Waals surface area contributed by atoms with Crippen LogP contribution in [0.5, 0.6) is 0 Å². The van der Waals surface area contributed by atoms with E-state index in [2.05, 4.69) is 9.97 Å². The van der Waals surface area contributed by atoms with E-state index in [0.717, 1.165) is 22.5 Å². The number of pyridine rings is 1. The zero-order valence-corrected chi connectivity index (χ0v) is 15.4. The van der Waals surface area contributed by atoms with Crippen molar-refractivity contribution in [3.63, 3.8) is 0 Å². The van der Waals surface area contributed by atoms with E-state index < -0.39 is 0 Å². The van der Waals surface area contributed by atoms with Gasteiger partial charge in [-0.1, -0.05) is 29.3 Å². The fourth-order valence-corrected chi connectivity index (χ4v) is 3.42. The maximum atomic E-state index is 14.6. The number of hydrogen-bond donors (Lipinski definition) is 0. The molecular formula is C20H14Cl2FN3. The molecule has 0 saturated heterocycles. The molecule has 0 aliphatic rings. The number of nitrogens with zero attached hydrogens (tertiary/aromatic N) is 3. The highest BCUT2D eigenvalue weighted by molar-refractivity contribution is 6.33. The molecule has 0 N–H and O–H groups in total. The summed E-state index contributed by atoms with van der Waals surface area (Å²) < 4.78 is 16.6. The van der Waals surface area contributed by atoms with Crippen LogP contribution in [0.25, 0.3) is 22.2 Å². The SMILES string of the molecule is Cc1nc2cc(F)c(-c3cccnc3)cc2n1Cc1cc(Cl)ccc1Cl. The van der Waals surface area contributed by atoms with Gasteiger partial charge in [-0.3, -0.25) is 4.98 Å². The lowest BCUT2D eigenvalue weighted by molar-refractivity contribution is 0.632. The van der Waals surface area contributed by atoms with E-state index in [1.807, 2.05) is 23.6 Å². The van der Waals surface area contributed by atoms with E-state index in [4.69, 9.17) is 23.2 Å². The van der Waals surface area contributed by atoms with E-state index in [-0.39, 0.29) is 5.82 Å². The lowest BCUT2D eigenvalue weighted by Gasteiger charge is -2.10. The first-order valence-corrected chi connectivity index (χ1v) is 8.79. The molecule has 0 bridgehead atoms. The first kappa shape index (κ1) is 17.0. The molecule has 26 heavy (non-hydrogen) atoms. The van der Waals surface area contributed by atoms with Crippen LogP contribution in [0.4, 0.5) is 4.39 Å². The maximum absolute atomic E-state index is 14.6. The Balaban J connectivity index is 1.87. The summed E-state index contributed by atoms with van der Waals surface area (Å²) in [6.07, 6.45) is 3.31. The summed E-state index contributed by atoms with van der Waals surface area (Å²) in [5.74, 6) is 0.453. The lowest BCUT2D eigenvalue weighted by Crippen LogP contribution is -2.03. The molecule has 0 radical (unpaired) electrons. The smallest absolute Gasteiger partial charge is 0.133 e. The van der Waals surface area contributed by atoms with E-state index >= 15 is 0 Å². The number of rotatable bonds is 3. The van der Waals surface area contributed by atoms with Gasteiger partial charge in [0.2, 0.25) is 0 Å². The van der Waals surface area contributed by atoms with Gasteiger partial charge in [0, 0.05) is 39.6 Å². The molecule has 3 nitrogen and oxygen atoms in total. The van der Waals surface area contributed by atoms with Gasteiger partial charge in [0.1, 0.15) is 11.6 Å². The summed E-state index contributed by atoms with van der Waals surface area (Å²) in [6.45, 7) is 2.39. The highest BCUT2D eigenvalue weighted by Crippen LogP contribution is 2.29. The van der Waals surface area contributed by atoms with Crippen molar-refractivity contribution in [3.8, 4) is 11.1 Å². The van der Waals surface area contributed by atoms with Crippen LogP contribution in [0, 0.1) is 12.7 Å². The highest BCUT2D eigenvalue weighted by atomic mass is 35.5. The monoisotopic (exact) mass is 385 g/mol. The Morgan fingerprint density at radius 1 is 1.12 bits per heavy atom. The van der Waals surface area contributed by atoms with Gasteiger partial charge in [-0.15, -0.1) is 0 Å². The predicted octanol–water partition coefficient (Wildman–Crippen LogP) is 5.90. The van der Waals surface area contributed by atoms with E-state index in [9.17, 15) is 4.39 Å². The van der Waals surface area contributed by atoms with Crippen molar-refractivity contribution >= 4 is 34.2 Å². The first-order valence-electron chi connectivity index (χ1n) is 8.03. The third-order valence-corrected chi connectivity index (χ3v) is 4.94. The molecule has 0 amide bonds. The summed E-state index contributed by atoms with van der Waals surface area (Å²) >= 11 is 12.4. The van der Waals surface area contributed by atoms with Crippen molar-refractivity contribution in [3.05, 3.63) is 82.1 Å². The second-order valence-electron chi connectivity index (χ2n) is 6.04. The molecule has 2 aromatic heterocycles. The van der Waals surface area contributed by atoms with E-state index in [1.54, 1.807) is 36.7 Å². The van der Waals surface area contributed by atoms with Crippen LogP contribution in [-0.4, -0.2) is 14.5 Å². The minimum absolute atomic E-state index is 0.323. The molecule has 0 aliphatic heterocycles. The first-order chi connectivity index (χ1) is 12.5. The van der Waals surface area contributed by atoms with Crippen LogP contribution >= 0.6 is 23.2 Å². The maximum Gasteiger partial charge on any atom is 0.133 e. The average molecular weight is 386 g/mol. The summed E-state index contributed by atoms with van der Waals surface area (Å²) in [5, 5.41) is 1.25. The zero-order chi connectivity index (χ0) is 18.3. The topological polar surface area (TPSA) is 30.7 Å². The van der Waals surface area contributed by atoms with Crippen molar-refractivity contribution in [2.75, 3.05) is 0 Å². The van der Waals surface area contributed by atoms with Crippen LogP contribution < -0.4 is 0 Å². The van der Waals surface area contributed by atoms with Crippen LogP contribution in [0.15, 0.2) is 54.9 Å². The lowest BCUT2D eigenvalue weighted by atomic mass is 10.1. The molecule has 130 valence electrons. The summed E-state index contributed by atoms with van der Waals surface area (Å²) in [6, 6.07) is 12.2. The van der Waals surface area contributed by atoms with Gasteiger partial charge in [-0.05, 0) is 42.8 Å². The van der Waals surface area contributed by atoms with E-state index in [1.165, 1.54) is 6.07 Å². The fraction of sp³-hybridized carbons (Fsp3) is 0.100. The molecule has 0 unspecified atom stereocenters. The Morgan fingerprint density at radius 2 is 1.96 bits per heavy atom. The molecule has 4 aromatic rings. The standard InChI is InChI=1S/C20H14Cl2FN3/c1-12-25-19-9-18(23)16(13-3-2-6-24-10-13)8-20(19)26(12)11-14-7-15(21)4-5-17(14)22/h2-10H,11H2,1H3. The molecule has 4 rings (SSSR count). The molecule has 0 spiro atoms. The fourth-order valence-electron chi connectivity index (χ4n) is 3.04. The number of aromatic nitrogens is 3. The Morgan fingerprint density at radius 3 is 2.73 bits per heavy atom. The van der Waals surface area contributed by atoms with Crippen molar-refractivity contribution in [2.24, 2.45) is 0 Å². The molecule has 0 aliphatic carbocycles. The second-order valence-corrected chi connectivity index (χ2v) is 6.89. The Kier molecular flexibility index (Phi) is 4.39. The average Bonchev–Trinajstić information content (AvgIpc) is 2.92. The largest absolute Gasteiger partial charge is 0.324 e. The minimum Gasteiger partial charge on any atom is -0.324 e. The minimum atomic E-state index is -0.323. The second kappa shape index (κ2) is 6.71. The van der Waals surface area contributed by atoms with Crippen molar-refractivity contribution in [1.29, 1.82) is 0 Å². The molecule has 6 heteroatoms. The summed E-state index contributed by atoms with van der Waals surface area (Å²) in [7, 11) is 0. The Hall–Kier alpha value is -2.43. The Labute approximate surface area is 160 Å². The van der Waals surface area contributed by atoms with Crippen molar-refractivity contribution in [1.82, 2.24) is 14.5 Å². The number of fused-ring (bicyclic) bond motifs is 1. The molecule has 2 aromatic carbocycles. The summed E-state index contributed by atoms with van der Waals surface area (Å²) in [5.41, 5.74) is 3.53. The molecule has 0 atom stereocenters. The van der Waals surface area contributed by atoms with E-state index in [0.29, 0.717) is 27.7 Å². The molecule has 2 heterocycles. The molecule has 0 saturated carbocycles. The van der Waals surface area contributed by atoms with Gasteiger partial charge in [0.05, 0.1) is 17.6 Å². The third-order valence-electron chi connectivity index (χ3n) is 4.34. The van der Waals surface area contributed by atoms with Crippen LogP contribution in [0.2, 0.25) is 10.0 Å². The van der Waals surface area contributed by atoms with Gasteiger partial charge in [-0.25, -0.2) is 9.37 Å². The van der Waals surface area contributed by atoms with Crippen LogP contribution in [0.1, 0.15) is 11.4 Å². The van der Waals surface area contributed by atoms with Crippen molar-refractivity contribution < 1.29 is 4.39 Å². The summed E-state index contributed by atoms with van der Waals surface area (Å²) in [4.78, 5) is 8.57. The van der Waals surface area contributed by atoms with Crippen molar-refractivity contribution in [2.45, 2.75) is 13.5 Å². The van der Waals surface area contributed by atoms with Gasteiger partial charge >= 0.3 is 0 Å². The third kappa shape index (κ3) is 3.06. The van der Waals surface area contributed by atoms with Gasteiger partial charge in [0.15, 0.2) is 0 Å².